The number of likely N-dealkylation sites (N-methyl/N-ethyl adjacent to an activating group) is 1. The highest BCUT2D eigenvalue weighted by Gasteiger charge is 2.29. The van der Waals surface area contributed by atoms with Gasteiger partial charge in [-0.15, -0.1) is 0 Å². The Bertz CT molecular complexity index is 1130. The summed E-state index contributed by atoms with van der Waals surface area (Å²) in [6.45, 7) is 4.55. The summed E-state index contributed by atoms with van der Waals surface area (Å²) in [5.74, 6) is 0.760. The maximum absolute atomic E-state index is 12.3. The van der Waals surface area contributed by atoms with E-state index in [0.29, 0.717) is 6.04 Å². The lowest BCUT2D eigenvalue weighted by atomic mass is 9.98. The number of aryl methyl sites for hydroxylation is 1. The van der Waals surface area contributed by atoms with Crippen molar-refractivity contribution in [3.8, 4) is 5.75 Å². The molecule has 0 bridgehead atoms. The number of benzene rings is 2. The lowest BCUT2D eigenvalue weighted by Gasteiger charge is -2.23. The van der Waals surface area contributed by atoms with Gasteiger partial charge in [-0.05, 0) is 41.8 Å². The molecule has 1 aliphatic rings. The first-order valence-electron chi connectivity index (χ1n) is 10.5. The molecule has 2 aromatic carbocycles. The van der Waals surface area contributed by atoms with Crippen molar-refractivity contribution in [3.63, 3.8) is 0 Å². The molecule has 0 saturated carbocycles. The van der Waals surface area contributed by atoms with Gasteiger partial charge in [0.15, 0.2) is 0 Å². The molecule has 0 aliphatic carbocycles. The average Bonchev–Trinajstić information content (AvgIpc) is 3.36. The highest BCUT2D eigenvalue weighted by Crippen LogP contribution is 2.37. The first kappa shape index (κ1) is 21.5. The average molecular weight is 441 g/mol. The van der Waals surface area contributed by atoms with Crippen LogP contribution in [0.2, 0.25) is 0 Å². The molecule has 0 spiro atoms. The standard InChI is InChI=1S/C23H28N4O3S/c1-3-27-16-19-9-10-20(14-22(19)23(27)13-18-7-5-4-6-8-18)30-12-11-25-31(28,29)21-15-24-26(2)17-21/h4-10,14-15,17,23,25H,3,11-13,16H2,1-2H3. The van der Waals surface area contributed by atoms with Gasteiger partial charge in [-0.25, -0.2) is 13.1 Å². The summed E-state index contributed by atoms with van der Waals surface area (Å²) in [7, 11) is -1.90. The first-order valence-corrected chi connectivity index (χ1v) is 12.0. The summed E-state index contributed by atoms with van der Waals surface area (Å²) in [5, 5.41) is 3.90. The number of nitrogens with one attached hydrogen (secondary N) is 1. The third-order valence-corrected chi connectivity index (χ3v) is 7.04. The van der Waals surface area contributed by atoms with Crippen LogP contribution in [0.25, 0.3) is 0 Å². The van der Waals surface area contributed by atoms with Crippen LogP contribution in [0.3, 0.4) is 0 Å². The molecule has 1 aromatic heterocycles. The SMILES string of the molecule is CCN1Cc2ccc(OCCNS(=O)(=O)c3cnn(C)c3)cc2C1Cc1ccccc1. The smallest absolute Gasteiger partial charge is 0.243 e. The Balaban J connectivity index is 1.39. The van der Waals surface area contributed by atoms with Gasteiger partial charge >= 0.3 is 0 Å². The van der Waals surface area contributed by atoms with E-state index in [0.717, 1.165) is 25.3 Å². The molecule has 0 fully saturated rings. The second-order valence-corrected chi connectivity index (χ2v) is 9.49. The summed E-state index contributed by atoms with van der Waals surface area (Å²) < 4.78 is 34.4. The van der Waals surface area contributed by atoms with Crippen molar-refractivity contribution in [2.24, 2.45) is 7.05 Å². The van der Waals surface area contributed by atoms with E-state index in [9.17, 15) is 8.42 Å². The molecule has 8 heteroatoms. The fourth-order valence-electron chi connectivity index (χ4n) is 4.02. The second kappa shape index (κ2) is 9.21. The zero-order chi connectivity index (χ0) is 21.8. The van der Waals surface area contributed by atoms with E-state index < -0.39 is 10.0 Å². The van der Waals surface area contributed by atoms with Crippen LogP contribution < -0.4 is 9.46 Å². The quantitative estimate of drug-likeness (QED) is 0.518. The lowest BCUT2D eigenvalue weighted by molar-refractivity contribution is 0.226. The number of ether oxygens (including phenoxy) is 1. The summed E-state index contributed by atoms with van der Waals surface area (Å²) in [5.41, 5.74) is 3.93. The number of sulfonamides is 1. The van der Waals surface area contributed by atoms with E-state index >= 15 is 0 Å². The molecular formula is C23H28N4O3S. The number of rotatable bonds is 9. The molecule has 1 unspecified atom stereocenters. The van der Waals surface area contributed by atoms with E-state index in [1.54, 1.807) is 7.05 Å². The molecule has 1 aliphatic heterocycles. The predicted molar refractivity (Wildman–Crippen MR) is 119 cm³/mol. The largest absolute Gasteiger partial charge is 0.492 e. The summed E-state index contributed by atoms with van der Waals surface area (Å²) in [4.78, 5) is 2.62. The molecule has 1 N–H and O–H groups in total. The van der Waals surface area contributed by atoms with Gasteiger partial charge in [0, 0.05) is 32.4 Å². The minimum Gasteiger partial charge on any atom is -0.492 e. The normalized spacial score (nSPS) is 16.4. The van der Waals surface area contributed by atoms with Crippen LogP contribution >= 0.6 is 0 Å². The lowest BCUT2D eigenvalue weighted by Crippen LogP contribution is -2.28. The van der Waals surface area contributed by atoms with Gasteiger partial charge in [0.25, 0.3) is 0 Å². The molecule has 3 aromatic rings. The maximum atomic E-state index is 12.3. The number of hydrogen-bond acceptors (Lipinski definition) is 5. The minimum atomic E-state index is -3.58. The highest BCUT2D eigenvalue weighted by atomic mass is 32.2. The van der Waals surface area contributed by atoms with Crippen molar-refractivity contribution in [1.82, 2.24) is 19.4 Å². The molecular weight excluding hydrogens is 412 g/mol. The molecule has 0 radical (unpaired) electrons. The van der Waals surface area contributed by atoms with E-state index in [-0.39, 0.29) is 18.0 Å². The van der Waals surface area contributed by atoms with Crippen LogP contribution in [-0.2, 0) is 30.0 Å². The fraction of sp³-hybridized carbons (Fsp3) is 0.348. The second-order valence-electron chi connectivity index (χ2n) is 7.73. The van der Waals surface area contributed by atoms with E-state index in [1.807, 2.05) is 12.1 Å². The van der Waals surface area contributed by atoms with Crippen molar-refractivity contribution in [1.29, 1.82) is 0 Å². The number of hydrogen-bond donors (Lipinski definition) is 1. The third kappa shape index (κ3) is 4.98. The Kier molecular flexibility index (Phi) is 6.41. The van der Waals surface area contributed by atoms with Crippen LogP contribution in [0.5, 0.6) is 5.75 Å². The molecule has 4 rings (SSSR count). The topological polar surface area (TPSA) is 76.5 Å². The summed E-state index contributed by atoms with van der Waals surface area (Å²) in [6.07, 6.45) is 3.75. The number of nitrogens with zero attached hydrogens (tertiary/aromatic N) is 3. The van der Waals surface area contributed by atoms with E-state index in [1.165, 1.54) is 33.8 Å². The number of fused-ring (bicyclic) bond motifs is 1. The Morgan fingerprint density at radius 1 is 1.19 bits per heavy atom. The van der Waals surface area contributed by atoms with Crippen LogP contribution in [0.4, 0.5) is 0 Å². The van der Waals surface area contributed by atoms with Gasteiger partial charge in [0.2, 0.25) is 10.0 Å². The maximum Gasteiger partial charge on any atom is 0.243 e. The molecule has 1 atom stereocenters. The van der Waals surface area contributed by atoms with Crippen LogP contribution in [0.1, 0.15) is 29.7 Å². The van der Waals surface area contributed by atoms with Crippen molar-refractivity contribution in [3.05, 3.63) is 77.6 Å². The Morgan fingerprint density at radius 3 is 2.71 bits per heavy atom. The van der Waals surface area contributed by atoms with Crippen molar-refractivity contribution >= 4 is 10.0 Å². The highest BCUT2D eigenvalue weighted by molar-refractivity contribution is 7.89. The summed E-state index contributed by atoms with van der Waals surface area (Å²) >= 11 is 0. The Hall–Kier alpha value is -2.68. The van der Waals surface area contributed by atoms with Gasteiger partial charge in [0.1, 0.15) is 17.3 Å². The van der Waals surface area contributed by atoms with Gasteiger partial charge in [-0.3, -0.25) is 9.58 Å². The minimum absolute atomic E-state index is 0.149. The van der Waals surface area contributed by atoms with Gasteiger partial charge in [-0.2, -0.15) is 5.10 Å². The third-order valence-electron chi connectivity index (χ3n) is 5.62. The molecule has 7 nitrogen and oxygen atoms in total. The van der Waals surface area contributed by atoms with Gasteiger partial charge in [-0.1, -0.05) is 43.3 Å². The summed E-state index contributed by atoms with van der Waals surface area (Å²) in [6, 6.07) is 17.0. The predicted octanol–water partition coefficient (Wildman–Crippen LogP) is 2.90. The van der Waals surface area contributed by atoms with Crippen LogP contribution in [0.15, 0.2) is 65.8 Å². The van der Waals surface area contributed by atoms with Crippen molar-refractivity contribution in [2.75, 3.05) is 19.7 Å². The van der Waals surface area contributed by atoms with Crippen LogP contribution in [0, 0.1) is 0 Å². The van der Waals surface area contributed by atoms with Crippen molar-refractivity contribution in [2.45, 2.75) is 30.8 Å². The monoisotopic (exact) mass is 440 g/mol. The zero-order valence-corrected chi connectivity index (χ0v) is 18.7. The molecule has 2 heterocycles. The molecule has 0 saturated heterocycles. The first-order chi connectivity index (χ1) is 15.0. The van der Waals surface area contributed by atoms with Gasteiger partial charge < -0.3 is 4.74 Å². The fourth-order valence-corrected chi connectivity index (χ4v) is 5.01. The Morgan fingerprint density at radius 2 is 2.00 bits per heavy atom. The zero-order valence-electron chi connectivity index (χ0n) is 17.9. The molecule has 31 heavy (non-hydrogen) atoms. The van der Waals surface area contributed by atoms with E-state index in [4.69, 9.17) is 4.74 Å². The van der Waals surface area contributed by atoms with Crippen LogP contribution in [-0.4, -0.2) is 42.8 Å². The van der Waals surface area contributed by atoms with Crippen molar-refractivity contribution < 1.29 is 13.2 Å². The Labute approximate surface area is 183 Å². The molecule has 0 amide bonds. The van der Waals surface area contributed by atoms with E-state index in [2.05, 4.69) is 58.0 Å². The number of aromatic nitrogens is 2. The molecule has 164 valence electrons. The van der Waals surface area contributed by atoms with Gasteiger partial charge in [0.05, 0.1) is 6.20 Å².